The maximum absolute atomic E-state index is 11.9. The Morgan fingerprint density at radius 3 is 2.89 bits per heavy atom. The van der Waals surface area contributed by atoms with Crippen molar-refractivity contribution in [3.05, 3.63) is 29.3 Å². The lowest BCUT2D eigenvalue weighted by Crippen LogP contribution is -2.33. The molecule has 3 heteroatoms. The van der Waals surface area contributed by atoms with Gasteiger partial charge in [0.2, 0.25) is 5.91 Å². The van der Waals surface area contributed by atoms with Gasteiger partial charge < -0.3 is 10.2 Å². The Kier molecular flexibility index (Phi) is 2.98. The minimum Gasteiger partial charge on any atom is -0.376 e. The fourth-order valence-electron chi connectivity index (χ4n) is 2.65. The first-order valence-electron chi connectivity index (χ1n) is 6.85. The van der Waals surface area contributed by atoms with E-state index in [0.717, 1.165) is 5.69 Å². The molecule has 3 rings (SSSR count). The molecule has 0 aromatic heterocycles. The van der Waals surface area contributed by atoms with E-state index < -0.39 is 0 Å². The van der Waals surface area contributed by atoms with Crippen molar-refractivity contribution in [2.24, 2.45) is 0 Å². The highest BCUT2D eigenvalue weighted by Gasteiger charge is 2.29. The zero-order valence-corrected chi connectivity index (χ0v) is 10.9. The van der Waals surface area contributed by atoms with Gasteiger partial charge in [-0.25, -0.2) is 0 Å². The van der Waals surface area contributed by atoms with Crippen molar-refractivity contribution in [3.63, 3.8) is 0 Å². The van der Waals surface area contributed by atoms with Gasteiger partial charge in [-0.2, -0.15) is 0 Å². The minimum absolute atomic E-state index is 0.193. The van der Waals surface area contributed by atoms with Crippen molar-refractivity contribution < 1.29 is 4.79 Å². The molecule has 1 fully saturated rings. The van der Waals surface area contributed by atoms with E-state index >= 15 is 0 Å². The number of fused-ring (bicyclic) bond motifs is 1. The van der Waals surface area contributed by atoms with E-state index in [0.29, 0.717) is 12.6 Å². The fourth-order valence-corrected chi connectivity index (χ4v) is 2.65. The first-order chi connectivity index (χ1) is 8.74. The monoisotopic (exact) mass is 244 g/mol. The van der Waals surface area contributed by atoms with Crippen LogP contribution in [-0.2, 0) is 17.6 Å². The van der Waals surface area contributed by atoms with Gasteiger partial charge in [-0.15, -0.1) is 0 Å². The molecular formula is C15H20N2O. The van der Waals surface area contributed by atoms with E-state index in [1.54, 1.807) is 0 Å². The van der Waals surface area contributed by atoms with E-state index in [1.165, 1.54) is 43.2 Å². The predicted molar refractivity (Wildman–Crippen MR) is 72.7 cm³/mol. The van der Waals surface area contributed by atoms with Crippen LogP contribution in [0.15, 0.2) is 18.2 Å². The summed E-state index contributed by atoms with van der Waals surface area (Å²) < 4.78 is 0. The van der Waals surface area contributed by atoms with E-state index in [4.69, 9.17) is 0 Å². The molecule has 3 nitrogen and oxygen atoms in total. The Morgan fingerprint density at radius 2 is 2.11 bits per heavy atom. The normalized spacial score (nSPS) is 17.4. The lowest BCUT2D eigenvalue weighted by molar-refractivity contribution is -0.128. The van der Waals surface area contributed by atoms with Crippen molar-refractivity contribution >= 4 is 11.6 Å². The molecule has 0 bridgehead atoms. The molecule has 0 saturated heterocycles. The summed E-state index contributed by atoms with van der Waals surface area (Å²) in [6.07, 6.45) is 5.99. The zero-order chi connectivity index (χ0) is 12.5. The SMILES string of the molecule is CN(C(=O)CNc1ccc2c(c1)CCC2)C1CC1. The molecule has 0 spiro atoms. The Hall–Kier alpha value is -1.51. The van der Waals surface area contributed by atoms with Crippen molar-refractivity contribution in [3.8, 4) is 0 Å². The Bertz CT molecular complexity index is 466. The maximum Gasteiger partial charge on any atom is 0.241 e. The molecule has 1 aromatic rings. The number of aryl methyl sites for hydroxylation is 2. The fraction of sp³-hybridized carbons (Fsp3) is 0.533. The molecule has 96 valence electrons. The van der Waals surface area contributed by atoms with Crippen LogP contribution in [0.25, 0.3) is 0 Å². The van der Waals surface area contributed by atoms with Gasteiger partial charge in [0.15, 0.2) is 0 Å². The Labute approximate surface area is 108 Å². The quantitative estimate of drug-likeness (QED) is 0.880. The molecule has 18 heavy (non-hydrogen) atoms. The van der Waals surface area contributed by atoms with Gasteiger partial charge in [-0.05, 0) is 55.4 Å². The van der Waals surface area contributed by atoms with Crippen LogP contribution < -0.4 is 5.32 Å². The molecule has 1 aromatic carbocycles. The number of benzene rings is 1. The number of nitrogens with one attached hydrogen (secondary N) is 1. The summed E-state index contributed by atoms with van der Waals surface area (Å²) in [5.74, 6) is 0.193. The van der Waals surface area contributed by atoms with Crippen molar-refractivity contribution in [2.45, 2.75) is 38.1 Å². The average Bonchev–Trinajstić information content (AvgIpc) is 3.13. The van der Waals surface area contributed by atoms with Gasteiger partial charge >= 0.3 is 0 Å². The largest absolute Gasteiger partial charge is 0.376 e. The average molecular weight is 244 g/mol. The molecule has 0 atom stereocenters. The summed E-state index contributed by atoms with van der Waals surface area (Å²) in [5, 5.41) is 3.25. The van der Waals surface area contributed by atoms with Crippen LogP contribution in [0.4, 0.5) is 5.69 Å². The molecule has 1 saturated carbocycles. The van der Waals surface area contributed by atoms with Gasteiger partial charge in [-0.1, -0.05) is 6.07 Å². The minimum atomic E-state index is 0.193. The van der Waals surface area contributed by atoms with Crippen molar-refractivity contribution in [1.29, 1.82) is 0 Å². The number of nitrogens with zero attached hydrogens (tertiary/aromatic N) is 1. The highest BCUT2D eigenvalue weighted by molar-refractivity contribution is 5.81. The molecule has 0 heterocycles. The predicted octanol–water partition coefficient (Wildman–Crippen LogP) is 2.21. The number of hydrogen-bond donors (Lipinski definition) is 1. The first-order valence-corrected chi connectivity index (χ1v) is 6.85. The molecule has 1 amide bonds. The molecule has 0 unspecified atom stereocenters. The van der Waals surface area contributed by atoms with Crippen LogP contribution in [0.1, 0.15) is 30.4 Å². The number of carbonyl (C=O) groups excluding carboxylic acids is 1. The van der Waals surface area contributed by atoms with E-state index in [2.05, 4.69) is 23.5 Å². The van der Waals surface area contributed by atoms with Crippen LogP contribution >= 0.6 is 0 Å². The summed E-state index contributed by atoms with van der Waals surface area (Å²) in [6.45, 7) is 0.409. The molecule has 0 radical (unpaired) electrons. The van der Waals surface area contributed by atoms with Gasteiger partial charge in [-0.3, -0.25) is 4.79 Å². The highest BCUT2D eigenvalue weighted by atomic mass is 16.2. The first kappa shape index (κ1) is 11.6. The third-order valence-corrected chi connectivity index (χ3v) is 4.03. The topological polar surface area (TPSA) is 32.3 Å². The standard InChI is InChI=1S/C15H20N2O/c1-17(14-7-8-14)15(18)10-16-13-6-5-11-3-2-4-12(11)9-13/h5-6,9,14,16H,2-4,7-8,10H2,1H3. The summed E-state index contributed by atoms with van der Waals surface area (Å²) in [6, 6.07) is 6.99. The Balaban J connectivity index is 1.58. The number of anilines is 1. The van der Waals surface area contributed by atoms with E-state index in [9.17, 15) is 4.79 Å². The zero-order valence-electron chi connectivity index (χ0n) is 10.9. The summed E-state index contributed by atoms with van der Waals surface area (Å²) >= 11 is 0. The third-order valence-electron chi connectivity index (χ3n) is 4.03. The number of rotatable bonds is 4. The second-order valence-corrected chi connectivity index (χ2v) is 5.43. The van der Waals surface area contributed by atoms with Gasteiger partial charge in [0, 0.05) is 18.8 Å². The smallest absolute Gasteiger partial charge is 0.241 e. The van der Waals surface area contributed by atoms with Crippen LogP contribution in [0.2, 0.25) is 0 Å². The third kappa shape index (κ3) is 2.35. The van der Waals surface area contributed by atoms with Crippen molar-refractivity contribution in [2.75, 3.05) is 18.9 Å². The van der Waals surface area contributed by atoms with Gasteiger partial charge in [0.25, 0.3) is 0 Å². The van der Waals surface area contributed by atoms with Crippen LogP contribution in [0.5, 0.6) is 0 Å². The van der Waals surface area contributed by atoms with E-state index in [-0.39, 0.29) is 5.91 Å². The van der Waals surface area contributed by atoms with Gasteiger partial charge in [0.1, 0.15) is 0 Å². The lowest BCUT2D eigenvalue weighted by atomic mass is 10.1. The van der Waals surface area contributed by atoms with Crippen LogP contribution in [0, 0.1) is 0 Å². The second kappa shape index (κ2) is 4.63. The summed E-state index contributed by atoms with van der Waals surface area (Å²) in [7, 11) is 1.91. The van der Waals surface area contributed by atoms with Crippen LogP contribution in [0.3, 0.4) is 0 Å². The Morgan fingerprint density at radius 1 is 1.33 bits per heavy atom. The summed E-state index contributed by atoms with van der Waals surface area (Å²) in [4.78, 5) is 13.8. The molecular weight excluding hydrogens is 224 g/mol. The number of carbonyl (C=O) groups is 1. The maximum atomic E-state index is 11.9. The van der Waals surface area contributed by atoms with Gasteiger partial charge in [0.05, 0.1) is 6.54 Å². The number of likely N-dealkylation sites (N-methyl/N-ethyl adjacent to an activating group) is 1. The van der Waals surface area contributed by atoms with Crippen molar-refractivity contribution in [1.82, 2.24) is 4.90 Å². The number of amides is 1. The van der Waals surface area contributed by atoms with E-state index in [1.807, 2.05) is 11.9 Å². The molecule has 1 N–H and O–H groups in total. The highest BCUT2D eigenvalue weighted by Crippen LogP contribution is 2.26. The molecule has 0 aliphatic heterocycles. The number of hydrogen-bond acceptors (Lipinski definition) is 2. The second-order valence-electron chi connectivity index (χ2n) is 5.43. The summed E-state index contributed by atoms with van der Waals surface area (Å²) in [5.41, 5.74) is 4.00. The molecule has 2 aliphatic carbocycles. The molecule has 2 aliphatic rings. The lowest BCUT2D eigenvalue weighted by Gasteiger charge is -2.17. The van der Waals surface area contributed by atoms with Crippen LogP contribution in [-0.4, -0.2) is 30.4 Å².